The molecular formula is C29H44N6O. The average molecular weight is 493 g/mol. The minimum Gasteiger partial charge on any atom is -0.364 e. The van der Waals surface area contributed by atoms with Crippen molar-refractivity contribution in [2.24, 2.45) is 4.99 Å². The molecule has 0 spiro atoms. The Morgan fingerprint density at radius 2 is 1.92 bits per heavy atom. The topological polar surface area (TPSA) is 73.7 Å². The van der Waals surface area contributed by atoms with Crippen LogP contribution in [0.2, 0.25) is 0 Å². The fourth-order valence-electron chi connectivity index (χ4n) is 4.97. The summed E-state index contributed by atoms with van der Waals surface area (Å²) in [6.45, 7) is 19.8. The van der Waals surface area contributed by atoms with Gasteiger partial charge < -0.3 is 15.1 Å². The molecule has 36 heavy (non-hydrogen) atoms. The van der Waals surface area contributed by atoms with Crippen LogP contribution in [-0.2, 0) is 17.8 Å². The molecule has 7 nitrogen and oxygen atoms in total. The smallest absolute Gasteiger partial charge is 0.254 e. The number of nitrogens with zero attached hydrogens (tertiary/aromatic N) is 5. The maximum absolute atomic E-state index is 14.1. The minimum atomic E-state index is -0.00119. The highest BCUT2D eigenvalue weighted by Crippen LogP contribution is 2.38. The Labute approximate surface area is 217 Å². The summed E-state index contributed by atoms with van der Waals surface area (Å²) in [4.78, 5) is 32.1. The number of anilines is 1. The normalized spacial score (nSPS) is 17.0. The van der Waals surface area contributed by atoms with Crippen LogP contribution in [0, 0.1) is 0 Å². The molecule has 1 aliphatic heterocycles. The van der Waals surface area contributed by atoms with Gasteiger partial charge in [-0.1, -0.05) is 26.0 Å². The lowest BCUT2D eigenvalue weighted by Crippen LogP contribution is -2.40. The van der Waals surface area contributed by atoms with Crippen molar-refractivity contribution < 1.29 is 4.79 Å². The van der Waals surface area contributed by atoms with Gasteiger partial charge in [0.1, 0.15) is 18.0 Å². The molecule has 1 fully saturated rings. The lowest BCUT2D eigenvalue weighted by molar-refractivity contribution is -0.127. The number of fused-ring (bicyclic) bond motifs is 1. The molecule has 196 valence electrons. The average Bonchev–Trinajstić information content (AvgIpc) is 3.57. The molecule has 7 heteroatoms. The Kier molecular flexibility index (Phi) is 8.75. The van der Waals surface area contributed by atoms with Crippen LogP contribution in [0.15, 0.2) is 46.0 Å². The third-order valence-corrected chi connectivity index (χ3v) is 7.40. The van der Waals surface area contributed by atoms with Crippen LogP contribution in [0.5, 0.6) is 0 Å². The third-order valence-electron chi connectivity index (χ3n) is 7.40. The standard InChI is InChI=1S/C29H44N6O/c1-10-21(11-2)34(9)27-22-13-16-35(17-23(22)31-18-32-27)28(36)25(20(6)7)24(19(4)5)26(30-12-3)33-29(8)14-15-29/h12,18,21,33H,4,10-11,13-17H2,1-3,5-9H3/b26-24-,30-12-. The molecule has 0 unspecified atom stereocenters. The SMILES string of the molecule is C=C(C)/C(C(C(=O)N1CCc2c(ncnc2N(C)C(CC)CC)C1)=C(C)C)=C(\N=C/C)NC1(C)CC1. The van der Waals surface area contributed by atoms with Crippen LogP contribution in [0.25, 0.3) is 0 Å². The van der Waals surface area contributed by atoms with Gasteiger partial charge in [-0.3, -0.25) is 4.79 Å². The summed E-state index contributed by atoms with van der Waals surface area (Å²) in [5.41, 5.74) is 5.36. The van der Waals surface area contributed by atoms with E-state index >= 15 is 0 Å². The van der Waals surface area contributed by atoms with E-state index in [9.17, 15) is 4.79 Å². The molecule has 0 radical (unpaired) electrons. The van der Waals surface area contributed by atoms with Crippen molar-refractivity contribution in [2.45, 2.75) is 98.7 Å². The first kappa shape index (κ1) is 27.6. The molecule has 3 rings (SSSR count). The summed E-state index contributed by atoms with van der Waals surface area (Å²) in [7, 11) is 2.12. The van der Waals surface area contributed by atoms with Crippen LogP contribution in [0.1, 0.15) is 85.4 Å². The van der Waals surface area contributed by atoms with Crippen molar-refractivity contribution in [3.63, 3.8) is 0 Å². The summed E-state index contributed by atoms with van der Waals surface area (Å²) < 4.78 is 0. The monoisotopic (exact) mass is 492 g/mol. The van der Waals surface area contributed by atoms with Gasteiger partial charge >= 0.3 is 0 Å². The lowest BCUT2D eigenvalue weighted by Gasteiger charge is -2.34. The third kappa shape index (κ3) is 5.88. The molecule has 1 aliphatic carbocycles. The van der Waals surface area contributed by atoms with E-state index < -0.39 is 0 Å². The Morgan fingerprint density at radius 1 is 1.25 bits per heavy atom. The first-order chi connectivity index (χ1) is 17.1. The van der Waals surface area contributed by atoms with Crippen molar-refractivity contribution in [3.05, 3.63) is 52.3 Å². The van der Waals surface area contributed by atoms with Crippen LogP contribution < -0.4 is 10.2 Å². The van der Waals surface area contributed by atoms with Gasteiger partial charge in [0.05, 0.1) is 12.2 Å². The summed E-state index contributed by atoms with van der Waals surface area (Å²) in [5.74, 6) is 1.72. The Bertz CT molecular complexity index is 1090. The Hall–Kier alpha value is -2.96. The molecule has 0 bridgehead atoms. The van der Waals surface area contributed by atoms with Crippen molar-refractivity contribution in [1.29, 1.82) is 0 Å². The van der Waals surface area contributed by atoms with Crippen LogP contribution in [0.4, 0.5) is 5.82 Å². The van der Waals surface area contributed by atoms with E-state index in [1.807, 2.05) is 32.6 Å². The van der Waals surface area contributed by atoms with E-state index in [1.54, 1.807) is 12.5 Å². The number of hydrogen-bond acceptors (Lipinski definition) is 6. The van der Waals surface area contributed by atoms with E-state index in [0.29, 0.717) is 24.7 Å². The van der Waals surface area contributed by atoms with E-state index in [2.05, 4.69) is 59.6 Å². The maximum Gasteiger partial charge on any atom is 0.254 e. The van der Waals surface area contributed by atoms with Crippen LogP contribution in [0.3, 0.4) is 0 Å². The number of aliphatic imine (C=N–C) groups is 1. The van der Waals surface area contributed by atoms with Gasteiger partial charge in [-0.25, -0.2) is 15.0 Å². The summed E-state index contributed by atoms with van der Waals surface area (Å²) in [5, 5.41) is 3.59. The number of aromatic nitrogens is 2. The van der Waals surface area contributed by atoms with E-state index in [-0.39, 0.29) is 11.4 Å². The number of carbonyl (C=O) groups excluding carboxylic acids is 1. The zero-order valence-corrected chi connectivity index (χ0v) is 23.5. The second-order valence-corrected chi connectivity index (χ2v) is 10.6. The fourth-order valence-corrected chi connectivity index (χ4v) is 4.97. The largest absolute Gasteiger partial charge is 0.364 e. The second kappa shape index (κ2) is 11.4. The summed E-state index contributed by atoms with van der Waals surface area (Å²) >= 11 is 0. The maximum atomic E-state index is 14.1. The fraction of sp³-hybridized carbons (Fsp3) is 0.586. The zero-order valence-electron chi connectivity index (χ0n) is 23.5. The van der Waals surface area contributed by atoms with E-state index in [4.69, 9.17) is 0 Å². The Morgan fingerprint density at radius 3 is 2.44 bits per heavy atom. The van der Waals surface area contributed by atoms with E-state index in [1.165, 1.54) is 0 Å². The van der Waals surface area contributed by atoms with Gasteiger partial charge in [-0.05, 0) is 72.3 Å². The van der Waals surface area contributed by atoms with E-state index in [0.717, 1.165) is 71.7 Å². The molecule has 1 N–H and O–H groups in total. The molecule has 0 aromatic carbocycles. The molecule has 2 heterocycles. The van der Waals surface area contributed by atoms with Crippen molar-refractivity contribution in [1.82, 2.24) is 20.2 Å². The first-order valence-electron chi connectivity index (χ1n) is 13.3. The van der Waals surface area contributed by atoms with Crippen LogP contribution >= 0.6 is 0 Å². The van der Waals surface area contributed by atoms with Crippen LogP contribution in [-0.4, -0.2) is 52.2 Å². The van der Waals surface area contributed by atoms with Crippen molar-refractivity contribution in [3.8, 4) is 0 Å². The van der Waals surface area contributed by atoms with Gasteiger partial charge in [-0.15, -0.1) is 0 Å². The molecule has 0 saturated heterocycles. The molecule has 1 amide bonds. The van der Waals surface area contributed by atoms with Gasteiger partial charge in [0.15, 0.2) is 0 Å². The highest BCUT2D eigenvalue weighted by atomic mass is 16.2. The number of hydrogen-bond donors (Lipinski definition) is 1. The van der Waals surface area contributed by atoms with Gasteiger partial charge in [0.2, 0.25) is 0 Å². The number of rotatable bonds is 10. The molecule has 2 aliphatic rings. The highest BCUT2D eigenvalue weighted by molar-refractivity contribution is 6.00. The van der Waals surface area contributed by atoms with Gasteiger partial charge in [-0.2, -0.15) is 0 Å². The minimum absolute atomic E-state index is 0.00119. The van der Waals surface area contributed by atoms with Crippen molar-refractivity contribution in [2.75, 3.05) is 18.5 Å². The number of nitrogens with one attached hydrogen (secondary N) is 1. The number of carbonyl (C=O) groups is 1. The lowest BCUT2D eigenvalue weighted by atomic mass is 9.93. The van der Waals surface area contributed by atoms with Crippen molar-refractivity contribution >= 4 is 17.9 Å². The zero-order chi connectivity index (χ0) is 26.6. The molecule has 1 aromatic rings. The highest BCUT2D eigenvalue weighted by Gasteiger charge is 2.39. The molecule has 1 saturated carbocycles. The first-order valence-corrected chi connectivity index (χ1v) is 13.3. The summed E-state index contributed by atoms with van der Waals surface area (Å²) in [6, 6.07) is 0.433. The summed E-state index contributed by atoms with van der Waals surface area (Å²) in [6.07, 6.45) is 8.45. The Balaban J connectivity index is 1.97. The quantitative estimate of drug-likeness (QED) is 0.271. The van der Waals surface area contributed by atoms with Gasteiger partial charge in [0.25, 0.3) is 5.91 Å². The predicted octanol–water partition coefficient (Wildman–Crippen LogP) is 5.34. The number of allylic oxidation sites excluding steroid dienone is 2. The molecular weight excluding hydrogens is 448 g/mol. The second-order valence-electron chi connectivity index (χ2n) is 10.6. The predicted molar refractivity (Wildman–Crippen MR) is 149 cm³/mol. The molecule has 1 aromatic heterocycles. The number of amides is 1. The van der Waals surface area contributed by atoms with Gasteiger partial charge in [0, 0.05) is 48.1 Å². The molecule has 0 atom stereocenters.